The predicted octanol–water partition coefficient (Wildman–Crippen LogP) is 6.44. The van der Waals surface area contributed by atoms with Crippen LogP contribution in [0.15, 0.2) is 64.8 Å². The van der Waals surface area contributed by atoms with E-state index in [4.69, 9.17) is 4.74 Å². The highest BCUT2D eigenvalue weighted by atomic mass is 16.6. The molecule has 0 bridgehead atoms. The standard InChI is InChI=1S/C36H43NO6/c1-8-9-12-26-30(29-21(2)31(39)23-13-10-11-14-24(23)33(29)41)34(42)27-19-22(15-16-25(27)32(26)40)17-18-36(6,7)37-20-28(38)43-35(3,4)5/h10-11,13-16,19,32,37,40H,8-9,12,17-18,20H2,1-7H3. The highest BCUT2D eigenvalue weighted by Gasteiger charge is 2.40. The molecule has 2 aliphatic rings. The van der Waals surface area contributed by atoms with Gasteiger partial charge in [-0.25, -0.2) is 0 Å². The number of benzene rings is 2. The van der Waals surface area contributed by atoms with Crippen LogP contribution in [0, 0.1) is 0 Å². The lowest BCUT2D eigenvalue weighted by molar-refractivity contribution is -0.154. The number of fused-ring (bicyclic) bond motifs is 2. The molecule has 0 radical (unpaired) electrons. The molecule has 7 heteroatoms. The van der Waals surface area contributed by atoms with Crippen LogP contribution in [0.25, 0.3) is 0 Å². The molecule has 1 atom stereocenters. The fraction of sp³-hybridized carbons (Fsp3) is 0.444. The van der Waals surface area contributed by atoms with Gasteiger partial charge in [-0.1, -0.05) is 49.7 Å². The van der Waals surface area contributed by atoms with Gasteiger partial charge in [-0.2, -0.15) is 0 Å². The molecule has 0 aliphatic heterocycles. The first-order valence-electron chi connectivity index (χ1n) is 15.1. The molecule has 0 aromatic heterocycles. The first kappa shape index (κ1) is 32.2. The molecule has 2 N–H and O–H groups in total. The zero-order valence-corrected chi connectivity index (χ0v) is 26.3. The van der Waals surface area contributed by atoms with Crippen molar-refractivity contribution in [3.8, 4) is 0 Å². The highest BCUT2D eigenvalue weighted by Crippen LogP contribution is 2.43. The maximum absolute atomic E-state index is 14.3. The molecule has 0 fully saturated rings. The molecule has 0 amide bonds. The van der Waals surface area contributed by atoms with Gasteiger partial charge in [0, 0.05) is 38.9 Å². The van der Waals surface area contributed by atoms with E-state index in [9.17, 15) is 24.3 Å². The van der Waals surface area contributed by atoms with Gasteiger partial charge in [0.15, 0.2) is 17.3 Å². The number of ketones is 3. The van der Waals surface area contributed by atoms with E-state index in [0.29, 0.717) is 41.5 Å². The first-order chi connectivity index (χ1) is 20.1. The van der Waals surface area contributed by atoms with Gasteiger partial charge < -0.3 is 15.2 Å². The molecule has 43 heavy (non-hydrogen) atoms. The Morgan fingerprint density at radius 1 is 0.884 bits per heavy atom. The van der Waals surface area contributed by atoms with E-state index in [1.54, 1.807) is 43.3 Å². The van der Waals surface area contributed by atoms with E-state index in [1.807, 2.05) is 47.6 Å². The maximum Gasteiger partial charge on any atom is 0.320 e. The van der Waals surface area contributed by atoms with Crippen molar-refractivity contribution in [2.24, 2.45) is 0 Å². The smallest absolute Gasteiger partial charge is 0.320 e. The number of Topliss-reactive ketones (excluding diaryl/α,β-unsaturated/α-hetero) is 3. The Bertz CT molecular complexity index is 1530. The number of aliphatic hydroxyl groups excluding tert-OH is 1. The molecule has 1 unspecified atom stereocenters. The van der Waals surface area contributed by atoms with Gasteiger partial charge in [-0.3, -0.25) is 19.2 Å². The Morgan fingerprint density at radius 3 is 2.14 bits per heavy atom. The van der Waals surface area contributed by atoms with Crippen LogP contribution >= 0.6 is 0 Å². The number of aliphatic hydroxyl groups is 1. The lowest BCUT2D eigenvalue weighted by Gasteiger charge is -2.31. The van der Waals surface area contributed by atoms with Crippen molar-refractivity contribution >= 4 is 23.3 Å². The molecule has 0 spiro atoms. The number of carbonyl (C=O) groups excluding carboxylic acids is 4. The molecule has 7 nitrogen and oxygen atoms in total. The summed E-state index contributed by atoms with van der Waals surface area (Å²) in [6, 6.07) is 12.2. The summed E-state index contributed by atoms with van der Waals surface area (Å²) in [4.78, 5) is 53.6. The van der Waals surface area contributed by atoms with Gasteiger partial charge in [-0.15, -0.1) is 0 Å². The summed E-state index contributed by atoms with van der Waals surface area (Å²) in [5.74, 6) is -1.31. The Hall–Kier alpha value is -3.68. The quantitative estimate of drug-likeness (QED) is 0.309. The second kappa shape index (κ2) is 12.5. The fourth-order valence-electron chi connectivity index (χ4n) is 5.74. The number of hydrogen-bond donors (Lipinski definition) is 2. The van der Waals surface area contributed by atoms with Crippen LogP contribution in [0.4, 0.5) is 0 Å². The number of unbranched alkanes of at least 4 members (excludes halogenated alkanes) is 1. The van der Waals surface area contributed by atoms with Crippen molar-refractivity contribution in [2.75, 3.05) is 6.54 Å². The van der Waals surface area contributed by atoms with Crippen molar-refractivity contribution in [1.29, 1.82) is 0 Å². The molecular formula is C36H43NO6. The van der Waals surface area contributed by atoms with Gasteiger partial charge in [0.05, 0.1) is 6.54 Å². The van der Waals surface area contributed by atoms with Crippen molar-refractivity contribution in [2.45, 2.75) is 97.8 Å². The van der Waals surface area contributed by atoms with E-state index in [1.165, 1.54) is 0 Å². The van der Waals surface area contributed by atoms with E-state index < -0.39 is 11.7 Å². The lowest BCUT2D eigenvalue weighted by Crippen LogP contribution is -2.44. The molecule has 2 aliphatic carbocycles. The third-order valence-electron chi connectivity index (χ3n) is 8.11. The number of hydrogen-bond acceptors (Lipinski definition) is 7. The largest absolute Gasteiger partial charge is 0.459 e. The van der Waals surface area contributed by atoms with Crippen LogP contribution in [-0.4, -0.2) is 46.1 Å². The van der Waals surface area contributed by atoms with Gasteiger partial charge in [-0.05, 0) is 90.0 Å². The molecular weight excluding hydrogens is 542 g/mol. The SMILES string of the molecule is CCCCC1=C(C2=C(C)C(=O)c3ccccc3C2=O)C(=O)c2cc(CCC(C)(C)NCC(=O)OC(C)(C)C)ccc2C1O. The number of nitrogens with one attached hydrogen (secondary N) is 1. The highest BCUT2D eigenvalue weighted by molar-refractivity contribution is 6.33. The summed E-state index contributed by atoms with van der Waals surface area (Å²) in [6.07, 6.45) is 2.23. The molecule has 0 saturated carbocycles. The molecule has 228 valence electrons. The molecule has 2 aromatic rings. The van der Waals surface area contributed by atoms with Crippen molar-refractivity contribution in [3.63, 3.8) is 0 Å². The maximum atomic E-state index is 14.3. The van der Waals surface area contributed by atoms with E-state index >= 15 is 0 Å². The summed E-state index contributed by atoms with van der Waals surface area (Å²) in [5, 5.41) is 14.8. The van der Waals surface area contributed by atoms with Crippen LogP contribution < -0.4 is 5.32 Å². The Morgan fingerprint density at radius 2 is 1.51 bits per heavy atom. The number of aryl methyl sites for hydroxylation is 1. The number of ether oxygens (including phenoxy) is 1. The Kier molecular flexibility index (Phi) is 9.38. The monoisotopic (exact) mass is 585 g/mol. The van der Waals surface area contributed by atoms with Crippen LogP contribution in [-0.2, 0) is 16.0 Å². The average molecular weight is 586 g/mol. The predicted molar refractivity (Wildman–Crippen MR) is 166 cm³/mol. The third kappa shape index (κ3) is 6.94. The van der Waals surface area contributed by atoms with E-state index in [2.05, 4.69) is 5.32 Å². The minimum absolute atomic E-state index is 0.0815. The Labute approximate surface area is 254 Å². The molecule has 0 heterocycles. The van der Waals surface area contributed by atoms with Crippen molar-refractivity contribution in [1.82, 2.24) is 5.32 Å². The normalized spacial score (nSPS) is 17.3. The molecule has 2 aromatic carbocycles. The zero-order valence-electron chi connectivity index (χ0n) is 26.3. The topological polar surface area (TPSA) is 110 Å². The summed E-state index contributed by atoms with van der Waals surface area (Å²) in [5.41, 5.74) is 2.40. The van der Waals surface area contributed by atoms with Gasteiger partial charge in [0.2, 0.25) is 0 Å². The van der Waals surface area contributed by atoms with Crippen molar-refractivity contribution in [3.05, 3.63) is 92.6 Å². The van der Waals surface area contributed by atoms with Crippen LogP contribution in [0.1, 0.15) is 122 Å². The van der Waals surface area contributed by atoms with Crippen molar-refractivity contribution < 1.29 is 29.0 Å². The summed E-state index contributed by atoms with van der Waals surface area (Å²) >= 11 is 0. The molecule has 4 rings (SSSR count). The number of rotatable bonds is 10. The zero-order chi connectivity index (χ0) is 31.7. The number of esters is 1. The average Bonchev–Trinajstić information content (AvgIpc) is 2.95. The fourth-order valence-corrected chi connectivity index (χ4v) is 5.74. The van der Waals surface area contributed by atoms with Gasteiger partial charge in [0.1, 0.15) is 11.7 Å². The minimum Gasteiger partial charge on any atom is -0.459 e. The van der Waals surface area contributed by atoms with Crippen LogP contribution in [0.5, 0.6) is 0 Å². The minimum atomic E-state index is -1.06. The first-order valence-corrected chi connectivity index (χ1v) is 15.1. The van der Waals surface area contributed by atoms with Crippen LogP contribution in [0.3, 0.4) is 0 Å². The van der Waals surface area contributed by atoms with E-state index in [-0.39, 0.29) is 57.7 Å². The number of carbonyl (C=O) groups is 4. The summed E-state index contributed by atoms with van der Waals surface area (Å²) in [6.45, 7) is 13.2. The third-order valence-corrected chi connectivity index (χ3v) is 8.11. The van der Waals surface area contributed by atoms with Gasteiger partial charge in [0.25, 0.3) is 0 Å². The lowest BCUT2D eigenvalue weighted by atomic mass is 9.73. The van der Waals surface area contributed by atoms with Gasteiger partial charge >= 0.3 is 5.97 Å². The second-order valence-corrected chi connectivity index (χ2v) is 13.2. The summed E-state index contributed by atoms with van der Waals surface area (Å²) < 4.78 is 5.40. The Balaban J connectivity index is 1.64. The summed E-state index contributed by atoms with van der Waals surface area (Å²) in [7, 11) is 0. The van der Waals surface area contributed by atoms with E-state index in [0.717, 1.165) is 18.4 Å². The molecule has 0 saturated heterocycles. The second-order valence-electron chi connectivity index (χ2n) is 13.2. The number of allylic oxidation sites excluding steroid dienone is 3. The van der Waals surface area contributed by atoms with Crippen LogP contribution in [0.2, 0.25) is 0 Å².